The molecule has 0 unspecified atom stereocenters. The van der Waals surface area contributed by atoms with Crippen molar-refractivity contribution in [1.82, 2.24) is 4.90 Å². The molecule has 3 nitrogen and oxygen atoms in total. The summed E-state index contributed by atoms with van der Waals surface area (Å²) < 4.78 is 5.43. The van der Waals surface area contributed by atoms with Gasteiger partial charge in [-0.25, -0.2) is 0 Å². The molecule has 0 bridgehead atoms. The summed E-state index contributed by atoms with van der Waals surface area (Å²) in [5, 5.41) is 1.25. The molecule has 0 aliphatic heterocycles. The Kier molecular flexibility index (Phi) is 8.27. The fourth-order valence-electron chi connectivity index (χ4n) is 2.80. The molecule has 2 aromatic carbocycles. The van der Waals surface area contributed by atoms with E-state index in [1.54, 1.807) is 13.2 Å². The Morgan fingerprint density at radius 3 is 2.58 bits per heavy atom. The Bertz CT molecular complexity index is 734. The van der Waals surface area contributed by atoms with E-state index in [4.69, 9.17) is 27.9 Å². The van der Waals surface area contributed by atoms with E-state index < -0.39 is 0 Å². The lowest BCUT2D eigenvalue weighted by Crippen LogP contribution is -2.32. The van der Waals surface area contributed by atoms with Crippen molar-refractivity contribution in [3.05, 3.63) is 63.6 Å². The highest BCUT2D eigenvalue weighted by Gasteiger charge is 2.16. The summed E-state index contributed by atoms with van der Waals surface area (Å²) in [6, 6.07) is 13.3. The third kappa shape index (κ3) is 5.93. The largest absolute Gasteiger partial charge is 0.496 e. The molecule has 2 rings (SSSR count). The molecule has 0 saturated carbocycles. The highest BCUT2D eigenvalue weighted by atomic mass is 35.5. The normalized spacial score (nSPS) is 10.6. The summed E-state index contributed by atoms with van der Waals surface area (Å²) in [4.78, 5) is 14.6. The highest BCUT2D eigenvalue weighted by molar-refractivity contribution is 6.35. The summed E-state index contributed by atoms with van der Waals surface area (Å²) in [7, 11) is 1.65. The predicted molar refractivity (Wildman–Crippen MR) is 108 cm³/mol. The number of hydrogen-bond donors (Lipinski definition) is 0. The van der Waals surface area contributed by atoms with E-state index in [1.807, 2.05) is 41.3 Å². The number of methoxy groups -OCH3 is 1. The van der Waals surface area contributed by atoms with E-state index in [1.165, 1.54) is 0 Å². The van der Waals surface area contributed by atoms with Crippen LogP contribution in [-0.2, 0) is 17.8 Å². The van der Waals surface area contributed by atoms with Gasteiger partial charge in [0.25, 0.3) is 0 Å². The Labute approximate surface area is 165 Å². The lowest BCUT2D eigenvalue weighted by atomic mass is 10.1. The number of para-hydroxylation sites is 1. The molecule has 0 heterocycles. The van der Waals surface area contributed by atoms with Gasteiger partial charge in [-0.1, -0.05) is 60.8 Å². The van der Waals surface area contributed by atoms with Gasteiger partial charge in [0.05, 0.1) is 7.11 Å². The van der Waals surface area contributed by atoms with Crippen LogP contribution in [0.5, 0.6) is 5.75 Å². The number of carbonyl (C=O) groups is 1. The first-order valence-electron chi connectivity index (χ1n) is 8.88. The standard InChI is InChI=1S/C21H25Cl2NO2/c1-3-4-9-21(25)24(15-17-7-5-6-8-20(17)26-2)13-12-16-10-11-18(22)14-19(16)23/h5-8,10-11,14H,3-4,9,12-13,15H2,1-2H3. The van der Waals surface area contributed by atoms with Gasteiger partial charge in [-0.15, -0.1) is 0 Å². The average molecular weight is 394 g/mol. The zero-order valence-electron chi connectivity index (χ0n) is 15.3. The topological polar surface area (TPSA) is 29.5 Å². The van der Waals surface area contributed by atoms with Crippen molar-refractivity contribution < 1.29 is 9.53 Å². The molecule has 0 N–H and O–H groups in total. The summed E-state index contributed by atoms with van der Waals surface area (Å²) in [6.07, 6.45) is 3.13. The molecule has 0 aliphatic rings. The molecular weight excluding hydrogens is 369 g/mol. The number of hydrogen-bond acceptors (Lipinski definition) is 2. The second-order valence-corrected chi connectivity index (χ2v) is 7.06. The van der Waals surface area contributed by atoms with Crippen LogP contribution in [0.4, 0.5) is 0 Å². The van der Waals surface area contributed by atoms with Crippen molar-refractivity contribution in [3.8, 4) is 5.75 Å². The SMILES string of the molecule is CCCCC(=O)N(CCc1ccc(Cl)cc1Cl)Cc1ccccc1OC. The van der Waals surface area contributed by atoms with Crippen LogP contribution in [0.3, 0.4) is 0 Å². The van der Waals surface area contributed by atoms with Crippen LogP contribution in [0.1, 0.15) is 37.3 Å². The van der Waals surface area contributed by atoms with Crippen molar-refractivity contribution in [2.45, 2.75) is 39.2 Å². The van der Waals surface area contributed by atoms with Gasteiger partial charge in [0.2, 0.25) is 5.91 Å². The van der Waals surface area contributed by atoms with Crippen LogP contribution < -0.4 is 4.74 Å². The van der Waals surface area contributed by atoms with Crippen molar-refractivity contribution in [3.63, 3.8) is 0 Å². The van der Waals surface area contributed by atoms with Crippen molar-refractivity contribution in [1.29, 1.82) is 0 Å². The van der Waals surface area contributed by atoms with Crippen LogP contribution in [0.25, 0.3) is 0 Å². The van der Waals surface area contributed by atoms with Crippen LogP contribution in [0.15, 0.2) is 42.5 Å². The van der Waals surface area contributed by atoms with Crippen molar-refractivity contribution >= 4 is 29.1 Å². The summed E-state index contributed by atoms with van der Waals surface area (Å²) in [5.41, 5.74) is 1.99. The first-order chi connectivity index (χ1) is 12.5. The maximum Gasteiger partial charge on any atom is 0.222 e. The first kappa shape index (κ1) is 20.6. The van der Waals surface area contributed by atoms with Crippen molar-refractivity contribution in [2.75, 3.05) is 13.7 Å². The summed E-state index contributed by atoms with van der Waals surface area (Å²) >= 11 is 12.2. The Hall–Kier alpha value is -1.71. The number of unbranched alkanes of at least 4 members (excludes halogenated alkanes) is 1. The molecule has 26 heavy (non-hydrogen) atoms. The number of benzene rings is 2. The van der Waals surface area contributed by atoms with E-state index >= 15 is 0 Å². The fourth-order valence-corrected chi connectivity index (χ4v) is 3.30. The molecule has 0 atom stereocenters. The molecule has 0 aromatic heterocycles. The molecule has 140 valence electrons. The van der Waals surface area contributed by atoms with Crippen LogP contribution in [-0.4, -0.2) is 24.5 Å². The van der Waals surface area contributed by atoms with Crippen molar-refractivity contribution in [2.24, 2.45) is 0 Å². The fraction of sp³-hybridized carbons (Fsp3) is 0.381. The van der Waals surface area contributed by atoms with E-state index in [-0.39, 0.29) is 5.91 Å². The minimum absolute atomic E-state index is 0.155. The van der Waals surface area contributed by atoms with Gasteiger partial charge in [-0.05, 0) is 36.6 Å². The number of amides is 1. The third-order valence-corrected chi connectivity index (χ3v) is 4.90. The molecule has 5 heteroatoms. The van der Waals surface area contributed by atoms with E-state index in [2.05, 4.69) is 6.92 Å². The van der Waals surface area contributed by atoms with E-state index in [0.717, 1.165) is 29.7 Å². The average Bonchev–Trinajstić information content (AvgIpc) is 2.64. The Morgan fingerprint density at radius 2 is 1.88 bits per heavy atom. The molecule has 0 spiro atoms. The van der Waals surface area contributed by atoms with Gasteiger partial charge in [0.1, 0.15) is 5.75 Å². The summed E-state index contributed by atoms with van der Waals surface area (Å²) in [5.74, 6) is 0.952. The maximum absolute atomic E-state index is 12.7. The Balaban J connectivity index is 2.13. The molecule has 0 saturated heterocycles. The zero-order chi connectivity index (χ0) is 18.9. The van der Waals surface area contributed by atoms with E-state index in [0.29, 0.717) is 36.0 Å². The monoisotopic (exact) mass is 393 g/mol. The molecular formula is C21H25Cl2NO2. The van der Waals surface area contributed by atoms with E-state index in [9.17, 15) is 4.79 Å². The number of ether oxygens (including phenoxy) is 1. The minimum atomic E-state index is 0.155. The summed E-state index contributed by atoms with van der Waals surface area (Å²) in [6.45, 7) is 3.21. The zero-order valence-corrected chi connectivity index (χ0v) is 16.8. The molecule has 1 amide bonds. The quantitative estimate of drug-likeness (QED) is 0.541. The lowest BCUT2D eigenvalue weighted by Gasteiger charge is -2.24. The van der Waals surface area contributed by atoms with Crippen LogP contribution in [0.2, 0.25) is 10.0 Å². The van der Waals surface area contributed by atoms with Crippen LogP contribution in [0, 0.1) is 0 Å². The predicted octanol–water partition coefficient (Wildman–Crippen LogP) is 5.76. The number of nitrogens with zero attached hydrogens (tertiary/aromatic N) is 1. The van der Waals surface area contributed by atoms with Crippen LogP contribution >= 0.6 is 23.2 Å². The molecule has 0 radical (unpaired) electrons. The first-order valence-corrected chi connectivity index (χ1v) is 9.64. The third-order valence-electron chi connectivity index (χ3n) is 4.32. The Morgan fingerprint density at radius 1 is 1.12 bits per heavy atom. The second kappa shape index (κ2) is 10.4. The minimum Gasteiger partial charge on any atom is -0.496 e. The molecule has 0 aliphatic carbocycles. The number of halogens is 2. The maximum atomic E-state index is 12.7. The number of rotatable bonds is 9. The highest BCUT2D eigenvalue weighted by Crippen LogP contribution is 2.23. The number of carbonyl (C=O) groups excluding carboxylic acids is 1. The smallest absolute Gasteiger partial charge is 0.222 e. The van der Waals surface area contributed by atoms with Gasteiger partial charge in [0.15, 0.2) is 0 Å². The van der Waals surface area contributed by atoms with Gasteiger partial charge >= 0.3 is 0 Å². The lowest BCUT2D eigenvalue weighted by molar-refractivity contribution is -0.131. The molecule has 0 fully saturated rings. The second-order valence-electron chi connectivity index (χ2n) is 6.22. The van der Waals surface area contributed by atoms with Gasteiger partial charge in [0, 0.05) is 35.1 Å². The van der Waals surface area contributed by atoms with Gasteiger partial charge in [-0.2, -0.15) is 0 Å². The molecule has 2 aromatic rings. The van der Waals surface area contributed by atoms with Gasteiger partial charge < -0.3 is 9.64 Å². The van der Waals surface area contributed by atoms with Gasteiger partial charge in [-0.3, -0.25) is 4.79 Å².